The first-order valence-electron chi connectivity index (χ1n) is 4.52. The second-order valence-corrected chi connectivity index (χ2v) is 6.09. The molecule has 78 valence electrons. The Bertz CT molecular complexity index is 422. The molecule has 1 N–H and O–H groups in total. The van der Waals surface area contributed by atoms with E-state index < -0.39 is 8.77 Å². The van der Waals surface area contributed by atoms with Gasteiger partial charge in [-0.25, -0.2) is 4.21 Å². The largest absolute Gasteiger partial charge is 0.302 e. The van der Waals surface area contributed by atoms with Gasteiger partial charge in [0, 0.05) is 11.2 Å². The standard InChI is InChI=1S/C10H14O2S2/c1-3-4-9-7-10(14(11,12)13)6-5-8(9)2/h5-7H,3-4H2,1-2H3,(H,11,12,13). The highest BCUT2D eigenvalue weighted by molar-refractivity contribution is 8.29. The summed E-state index contributed by atoms with van der Waals surface area (Å²) in [4.78, 5) is 0.349. The number of rotatable bonds is 3. The monoisotopic (exact) mass is 230 g/mol. The number of benzene rings is 1. The number of hydrogen-bond donors (Lipinski definition) is 1. The van der Waals surface area contributed by atoms with Gasteiger partial charge in [-0.05, 0) is 36.6 Å². The van der Waals surface area contributed by atoms with Crippen molar-refractivity contribution in [3.8, 4) is 0 Å². The minimum atomic E-state index is -3.23. The Morgan fingerprint density at radius 2 is 2.14 bits per heavy atom. The summed E-state index contributed by atoms with van der Waals surface area (Å²) in [6, 6.07) is 5.22. The average Bonchev–Trinajstić information content (AvgIpc) is 2.07. The van der Waals surface area contributed by atoms with Gasteiger partial charge in [0.25, 0.3) is 0 Å². The number of hydrogen-bond acceptors (Lipinski definition) is 2. The van der Waals surface area contributed by atoms with Gasteiger partial charge in [0.1, 0.15) is 0 Å². The molecule has 1 atom stereocenters. The van der Waals surface area contributed by atoms with Crippen molar-refractivity contribution in [1.29, 1.82) is 0 Å². The van der Waals surface area contributed by atoms with Crippen LogP contribution in [0.4, 0.5) is 0 Å². The van der Waals surface area contributed by atoms with Crippen LogP contribution in [0.2, 0.25) is 0 Å². The highest BCUT2D eigenvalue weighted by atomic mass is 32.8. The lowest BCUT2D eigenvalue weighted by atomic mass is 10.1. The van der Waals surface area contributed by atoms with Crippen molar-refractivity contribution < 1.29 is 8.76 Å². The normalized spacial score (nSPS) is 15.1. The molecule has 2 nitrogen and oxygen atoms in total. The van der Waals surface area contributed by atoms with Crippen LogP contribution in [-0.2, 0) is 26.4 Å². The topological polar surface area (TPSA) is 37.3 Å². The molecular formula is C10H14O2S2. The SMILES string of the molecule is CCCc1cc(S(=O)(O)=S)ccc1C. The van der Waals surface area contributed by atoms with Gasteiger partial charge in [-0.1, -0.05) is 19.4 Å². The Labute approximate surface area is 89.8 Å². The first-order valence-corrected chi connectivity index (χ1v) is 6.96. The number of aryl methyl sites for hydroxylation is 2. The molecule has 0 aromatic heterocycles. The second-order valence-electron chi connectivity index (χ2n) is 3.31. The molecule has 0 fully saturated rings. The molecule has 0 spiro atoms. The van der Waals surface area contributed by atoms with E-state index in [1.807, 2.05) is 13.0 Å². The van der Waals surface area contributed by atoms with Crippen molar-refractivity contribution in [2.24, 2.45) is 0 Å². The fourth-order valence-corrected chi connectivity index (χ4v) is 2.19. The Morgan fingerprint density at radius 3 is 2.64 bits per heavy atom. The minimum Gasteiger partial charge on any atom is -0.302 e. The van der Waals surface area contributed by atoms with Crippen LogP contribution < -0.4 is 0 Å². The van der Waals surface area contributed by atoms with Crippen LogP contribution in [0.5, 0.6) is 0 Å². The lowest BCUT2D eigenvalue weighted by Gasteiger charge is -2.07. The fourth-order valence-electron chi connectivity index (χ4n) is 1.35. The van der Waals surface area contributed by atoms with E-state index in [1.54, 1.807) is 12.1 Å². The third-order valence-electron chi connectivity index (χ3n) is 2.14. The van der Waals surface area contributed by atoms with Gasteiger partial charge in [-0.15, -0.1) is 0 Å². The molecule has 1 aromatic rings. The summed E-state index contributed by atoms with van der Waals surface area (Å²) in [5.74, 6) is 0. The van der Waals surface area contributed by atoms with Crippen LogP contribution in [0.15, 0.2) is 23.1 Å². The molecule has 0 aliphatic rings. The lowest BCUT2D eigenvalue weighted by molar-refractivity contribution is 0.561. The molecule has 0 heterocycles. The van der Waals surface area contributed by atoms with Gasteiger partial charge < -0.3 is 4.55 Å². The molecule has 0 radical (unpaired) electrons. The van der Waals surface area contributed by atoms with Crippen LogP contribution in [0.25, 0.3) is 0 Å². The average molecular weight is 230 g/mol. The summed E-state index contributed by atoms with van der Waals surface area (Å²) in [7, 11) is -3.23. The van der Waals surface area contributed by atoms with Crippen LogP contribution in [0, 0.1) is 6.92 Å². The van der Waals surface area contributed by atoms with E-state index in [0.29, 0.717) is 4.90 Å². The van der Waals surface area contributed by atoms with E-state index in [-0.39, 0.29) is 0 Å². The summed E-state index contributed by atoms with van der Waals surface area (Å²) < 4.78 is 20.4. The molecule has 1 rings (SSSR count). The maximum Gasteiger partial charge on any atom is 0.171 e. The van der Waals surface area contributed by atoms with Crippen molar-refractivity contribution in [3.63, 3.8) is 0 Å². The molecule has 0 saturated heterocycles. The van der Waals surface area contributed by atoms with E-state index in [4.69, 9.17) is 0 Å². The van der Waals surface area contributed by atoms with E-state index in [1.165, 1.54) is 0 Å². The summed E-state index contributed by atoms with van der Waals surface area (Å²) in [5.41, 5.74) is 2.26. The molecule has 14 heavy (non-hydrogen) atoms. The Kier molecular flexibility index (Phi) is 3.64. The highest BCUT2D eigenvalue weighted by Gasteiger charge is 2.07. The molecule has 0 amide bonds. The third kappa shape index (κ3) is 2.77. The fraction of sp³-hybridized carbons (Fsp3) is 0.400. The summed E-state index contributed by atoms with van der Waals surface area (Å²) in [6.07, 6.45) is 1.94. The molecule has 0 aliphatic carbocycles. The van der Waals surface area contributed by atoms with Crippen molar-refractivity contribution in [2.75, 3.05) is 0 Å². The van der Waals surface area contributed by atoms with Crippen LogP contribution in [-0.4, -0.2) is 8.76 Å². The molecular weight excluding hydrogens is 216 g/mol. The van der Waals surface area contributed by atoms with Gasteiger partial charge in [0.2, 0.25) is 0 Å². The van der Waals surface area contributed by atoms with Gasteiger partial charge in [0.05, 0.1) is 4.90 Å². The molecule has 0 saturated carbocycles. The second kappa shape index (κ2) is 4.38. The van der Waals surface area contributed by atoms with Crippen molar-refractivity contribution in [2.45, 2.75) is 31.6 Å². The molecule has 1 aromatic carbocycles. The van der Waals surface area contributed by atoms with E-state index in [2.05, 4.69) is 18.1 Å². The Morgan fingerprint density at radius 1 is 1.50 bits per heavy atom. The van der Waals surface area contributed by atoms with Crippen LogP contribution in [0.1, 0.15) is 24.5 Å². The van der Waals surface area contributed by atoms with E-state index in [9.17, 15) is 8.76 Å². The minimum absolute atomic E-state index is 0.349. The smallest absolute Gasteiger partial charge is 0.171 e. The summed E-state index contributed by atoms with van der Waals surface area (Å²) in [6.45, 7) is 4.08. The van der Waals surface area contributed by atoms with Gasteiger partial charge in [0.15, 0.2) is 8.77 Å². The highest BCUT2D eigenvalue weighted by Crippen LogP contribution is 2.16. The predicted molar refractivity (Wildman–Crippen MR) is 61.6 cm³/mol. The first kappa shape index (κ1) is 11.6. The van der Waals surface area contributed by atoms with Gasteiger partial charge in [-0.2, -0.15) is 0 Å². The predicted octanol–water partition coefficient (Wildman–Crippen LogP) is 2.53. The zero-order valence-corrected chi connectivity index (χ0v) is 9.95. The first-order chi connectivity index (χ1) is 6.45. The van der Waals surface area contributed by atoms with Crippen molar-refractivity contribution >= 4 is 20.0 Å². The Hall–Kier alpha value is -0.450. The molecule has 0 aliphatic heterocycles. The van der Waals surface area contributed by atoms with Crippen LogP contribution in [0.3, 0.4) is 0 Å². The quantitative estimate of drug-likeness (QED) is 0.867. The van der Waals surface area contributed by atoms with E-state index >= 15 is 0 Å². The molecule has 0 bridgehead atoms. The van der Waals surface area contributed by atoms with Gasteiger partial charge in [-0.3, -0.25) is 0 Å². The summed E-state index contributed by atoms with van der Waals surface area (Å²) in [5, 5.41) is 0. The van der Waals surface area contributed by atoms with E-state index in [0.717, 1.165) is 24.0 Å². The maximum atomic E-state index is 11.2. The van der Waals surface area contributed by atoms with Crippen molar-refractivity contribution in [1.82, 2.24) is 0 Å². The van der Waals surface area contributed by atoms with Gasteiger partial charge >= 0.3 is 0 Å². The van der Waals surface area contributed by atoms with Crippen molar-refractivity contribution in [3.05, 3.63) is 29.3 Å². The maximum absolute atomic E-state index is 11.2. The Balaban J connectivity index is 3.20. The molecule has 4 heteroatoms. The third-order valence-corrected chi connectivity index (χ3v) is 3.56. The lowest BCUT2D eigenvalue weighted by Crippen LogP contribution is -1.99. The zero-order valence-electron chi connectivity index (χ0n) is 8.32. The summed E-state index contributed by atoms with van der Waals surface area (Å²) >= 11 is 4.52. The molecule has 1 unspecified atom stereocenters. The zero-order chi connectivity index (χ0) is 10.8. The van der Waals surface area contributed by atoms with Crippen LogP contribution >= 0.6 is 0 Å².